The van der Waals surface area contributed by atoms with Crippen molar-refractivity contribution in [2.45, 2.75) is 51.6 Å². The third-order valence-electron chi connectivity index (χ3n) is 10.9. The van der Waals surface area contributed by atoms with Crippen LogP contribution in [0.2, 0.25) is 0 Å². The predicted molar refractivity (Wildman–Crippen MR) is 166 cm³/mol. The topological polar surface area (TPSA) is 3.24 Å². The van der Waals surface area contributed by atoms with E-state index in [4.69, 9.17) is 0 Å². The first-order chi connectivity index (χ1) is 19.1. The van der Waals surface area contributed by atoms with Gasteiger partial charge in [0.2, 0.25) is 0 Å². The average molecular weight is 526 g/mol. The summed E-state index contributed by atoms with van der Waals surface area (Å²) in [4.78, 5) is 2.81. The van der Waals surface area contributed by atoms with Gasteiger partial charge in [0, 0.05) is 38.6 Å². The van der Waals surface area contributed by atoms with Gasteiger partial charge in [0.1, 0.15) is 0 Å². The van der Waals surface area contributed by atoms with Gasteiger partial charge in [-0.3, -0.25) is 0 Å². The van der Waals surface area contributed by atoms with Gasteiger partial charge in [-0.15, -0.1) is 11.3 Å². The lowest BCUT2D eigenvalue weighted by molar-refractivity contribution is 0.330. The average Bonchev–Trinajstić information content (AvgIpc) is 3.59. The van der Waals surface area contributed by atoms with E-state index in [9.17, 15) is 0 Å². The molecule has 0 spiro atoms. The van der Waals surface area contributed by atoms with Crippen molar-refractivity contribution in [3.05, 3.63) is 113 Å². The molecule has 6 atom stereocenters. The van der Waals surface area contributed by atoms with Gasteiger partial charge in [-0.2, -0.15) is 0 Å². The molecular weight excluding hydrogens is 490 g/mol. The molecule has 2 aromatic carbocycles. The van der Waals surface area contributed by atoms with Crippen LogP contribution in [0.1, 0.15) is 39.5 Å². The first-order valence-electron chi connectivity index (χ1n) is 15.0. The van der Waals surface area contributed by atoms with Gasteiger partial charge < -0.3 is 4.90 Å². The third kappa shape index (κ3) is 2.91. The fourth-order valence-corrected chi connectivity index (χ4v) is 10.7. The number of thiophene rings is 1. The van der Waals surface area contributed by atoms with Crippen LogP contribution in [0.25, 0.3) is 20.2 Å². The van der Waals surface area contributed by atoms with Crippen LogP contribution in [0, 0.1) is 29.1 Å². The van der Waals surface area contributed by atoms with Crippen LogP contribution in [-0.4, -0.2) is 12.1 Å². The first-order valence-corrected chi connectivity index (χ1v) is 15.8. The predicted octanol–water partition coefficient (Wildman–Crippen LogP) is 9.55. The molecule has 1 aliphatic heterocycles. The molecule has 1 nitrogen and oxygen atoms in total. The fourth-order valence-electron chi connectivity index (χ4n) is 9.48. The molecule has 0 saturated carbocycles. The maximum Gasteiger partial charge on any atom is 0.0589 e. The minimum atomic E-state index is 0.173. The van der Waals surface area contributed by atoms with Crippen LogP contribution in [-0.2, 0) is 0 Å². The number of hydrogen-bond acceptors (Lipinski definition) is 2. The maximum absolute atomic E-state index is 2.81. The van der Waals surface area contributed by atoms with Crippen molar-refractivity contribution >= 4 is 37.2 Å². The maximum atomic E-state index is 2.81. The smallest absolute Gasteiger partial charge is 0.0589 e. The van der Waals surface area contributed by atoms with E-state index in [1.807, 2.05) is 11.3 Å². The second kappa shape index (κ2) is 7.98. The highest BCUT2D eigenvalue weighted by Crippen LogP contribution is 2.62. The number of benzene rings is 2. The Kier molecular flexibility index (Phi) is 4.64. The molecule has 3 aromatic rings. The van der Waals surface area contributed by atoms with Crippen LogP contribution < -0.4 is 4.90 Å². The van der Waals surface area contributed by atoms with Crippen LogP contribution in [0.4, 0.5) is 5.69 Å². The summed E-state index contributed by atoms with van der Waals surface area (Å²) >= 11 is 1.97. The first kappa shape index (κ1) is 22.7. The lowest BCUT2D eigenvalue weighted by Crippen LogP contribution is -2.42. The standard InChI is InChI=1S/C37H35NS/c1-37(2)29-14-6-3-10-22(29)25-19-18-24-26(35(25)37)20-21-31-34(24)28-12-4-7-15-30(28)38(31)32-16-9-13-27-23-11-5-8-17-33(23)39-36(27)32/h4-5,7-9,11-14,16-22,24,26,30-31,34H,3,6,10,15H2,1-2H3. The molecular formula is C37H35NS. The van der Waals surface area contributed by atoms with Gasteiger partial charge in [-0.05, 0) is 60.5 Å². The highest BCUT2D eigenvalue weighted by Gasteiger charge is 2.55. The van der Waals surface area contributed by atoms with Crippen molar-refractivity contribution in [1.29, 1.82) is 0 Å². The lowest BCUT2D eigenvalue weighted by atomic mass is 9.62. The van der Waals surface area contributed by atoms with Crippen LogP contribution in [0.3, 0.4) is 0 Å². The van der Waals surface area contributed by atoms with Crippen molar-refractivity contribution in [1.82, 2.24) is 0 Å². The van der Waals surface area contributed by atoms with Crippen LogP contribution >= 0.6 is 11.3 Å². The molecule has 0 N–H and O–H groups in total. The molecule has 0 bridgehead atoms. The van der Waals surface area contributed by atoms with Crippen molar-refractivity contribution in [2.75, 3.05) is 4.90 Å². The zero-order chi connectivity index (χ0) is 25.9. The monoisotopic (exact) mass is 525 g/mol. The molecule has 39 heavy (non-hydrogen) atoms. The number of allylic oxidation sites excluding steroid dienone is 9. The van der Waals surface area contributed by atoms with E-state index in [1.54, 1.807) is 22.3 Å². The van der Waals surface area contributed by atoms with Gasteiger partial charge in [0.15, 0.2) is 0 Å². The van der Waals surface area contributed by atoms with Crippen molar-refractivity contribution in [3.8, 4) is 0 Å². The molecule has 9 rings (SSSR count). The number of hydrogen-bond donors (Lipinski definition) is 0. The Hall–Kier alpha value is -3.10. The largest absolute Gasteiger partial charge is 0.356 e. The second-order valence-electron chi connectivity index (χ2n) is 13.0. The minimum absolute atomic E-state index is 0.173. The zero-order valence-electron chi connectivity index (χ0n) is 22.8. The number of rotatable bonds is 1. The Bertz CT molecular complexity index is 1740. The van der Waals surface area contributed by atoms with E-state index in [0.29, 0.717) is 35.8 Å². The van der Waals surface area contributed by atoms with Gasteiger partial charge >= 0.3 is 0 Å². The summed E-state index contributed by atoms with van der Waals surface area (Å²) in [7, 11) is 0. The summed E-state index contributed by atoms with van der Waals surface area (Å²) in [5.41, 5.74) is 8.35. The van der Waals surface area contributed by atoms with E-state index in [2.05, 4.69) is 110 Å². The number of fused-ring (bicyclic) bond motifs is 11. The Morgan fingerprint density at radius 1 is 0.974 bits per heavy atom. The summed E-state index contributed by atoms with van der Waals surface area (Å²) in [6, 6.07) is 16.8. The summed E-state index contributed by atoms with van der Waals surface area (Å²) < 4.78 is 2.84. The summed E-state index contributed by atoms with van der Waals surface area (Å²) in [5, 5.41) is 2.80. The lowest BCUT2D eigenvalue weighted by Gasteiger charge is -2.43. The Labute approximate surface area is 235 Å². The molecule has 0 amide bonds. The quantitative estimate of drug-likeness (QED) is 0.286. The molecule has 6 aliphatic rings. The van der Waals surface area contributed by atoms with E-state index < -0.39 is 0 Å². The molecule has 0 radical (unpaired) electrons. The number of nitrogens with zero attached hydrogens (tertiary/aromatic N) is 1. The summed E-state index contributed by atoms with van der Waals surface area (Å²) in [6.45, 7) is 5.04. The Morgan fingerprint density at radius 2 is 1.87 bits per heavy atom. The summed E-state index contributed by atoms with van der Waals surface area (Å²) in [5.74, 6) is 2.23. The molecule has 1 aromatic heterocycles. The zero-order valence-corrected chi connectivity index (χ0v) is 23.6. The van der Waals surface area contributed by atoms with Crippen molar-refractivity contribution in [2.24, 2.45) is 29.1 Å². The molecule has 1 saturated heterocycles. The van der Waals surface area contributed by atoms with E-state index in [-0.39, 0.29) is 5.41 Å². The van der Waals surface area contributed by atoms with E-state index >= 15 is 0 Å². The molecule has 2 heterocycles. The fraction of sp³-hybridized carbons (Fsp3) is 0.351. The highest BCUT2D eigenvalue weighted by molar-refractivity contribution is 7.26. The second-order valence-corrected chi connectivity index (χ2v) is 14.1. The van der Waals surface area contributed by atoms with Gasteiger partial charge in [0.25, 0.3) is 0 Å². The highest BCUT2D eigenvalue weighted by atomic mass is 32.1. The molecule has 5 aliphatic carbocycles. The van der Waals surface area contributed by atoms with Crippen molar-refractivity contribution in [3.63, 3.8) is 0 Å². The molecule has 2 heteroatoms. The molecule has 1 fully saturated rings. The third-order valence-corrected chi connectivity index (χ3v) is 12.1. The minimum Gasteiger partial charge on any atom is -0.356 e. The van der Waals surface area contributed by atoms with Crippen molar-refractivity contribution < 1.29 is 0 Å². The van der Waals surface area contributed by atoms with Gasteiger partial charge in [0.05, 0.1) is 22.5 Å². The van der Waals surface area contributed by atoms with Gasteiger partial charge in [-0.25, -0.2) is 0 Å². The normalized spacial score (nSPS) is 33.5. The number of anilines is 1. The van der Waals surface area contributed by atoms with E-state index in [1.165, 1.54) is 45.1 Å². The summed E-state index contributed by atoms with van der Waals surface area (Å²) in [6.07, 6.45) is 25.3. The van der Waals surface area contributed by atoms with E-state index in [0.717, 1.165) is 6.42 Å². The molecule has 6 unspecified atom stereocenters. The van der Waals surface area contributed by atoms with Crippen LogP contribution in [0.15, 0.2) is 113 Å². The van der Waals surface area contributed by atoms with Gasteiger partial charge in [-0.1, -0.05) is 98.4 Å². The SMILES string of the molecule is CC1(C)C2=CCCCC2C2=C1C1C=CC3C(C4=CC=CCC4N3c3cccc4c3sc3ccccc34)C1C=C2. The Morgan fingerprint density at radius 3 is 2.82 bits per heavy atom. The van der Waals surface area contributed by atoms with Crippen LogP contribution in [0.5, 0.6) is 0 Å². The Balaban J connectivity index is 1.20. The molecule has 194 valence electrons.